The molecule has 3 aromatic carbocycles. The van der Waals surface area contributed by atoms with Gasteiger partial charge in [-0.05, 0) is 88.6 Å². The smallest absolute Gasteiger partial charge is 0.336 e. The van der Waals surface area contributed by atoms with Gasteiger partial charge in [0, 0.05) is 24.4 Å². The molecule has 1 fully saturated rings. The number of hydrogen-bond acceptors (Lipinski definition) is 17. The number of aliphatic hydroxyl groups excluding tert-OH is 3. The van der Waals surface area contributed by atoms with Crippen molar-refractivity contribution in [3.8, 4) is 34.5 Å². The molecular weight excluding hydrogens is 885 g/mol. The van der Waals surface area contributed by atoms with E-state index in [0.717, 1.165) is 5.56 Å². The first-order chi connectivity index (χ1) is 32.5. The van der Waals surface area contributed by atoms with Gasteiger partial charge >= 0.3 is 11.8 Å². The lowest BCUT2D eigenvalue weighted by atomic mass is 9.60. The fourth-order valence-electron chi connectivity index (χ4n) is 9.05. The molecule has 20 heteroatoms. The third-order valence-electron chi connectivity index (χ3n) is 12.3. The van der Waals surface area contributed by atoms with E-state index >= 15 is 0 Å². The second kappa shape index (κ2) is 17.9. The van der Waals surface area contributed by atoms with Crippen LogP contribution in [0.1, 0.15) is 40.8 Å². The summed E-state index contributed by atoms with van der Waals surface area (Å²) in [5.74, 6) is -4.42. The second-order valence-electron chi connectivity index (χ2n) is 16.8. The van der Waals surface area contributed by atoms with Gasteiger partial charge in [0.1, 0.15) is 71.8 Å². The molecule has 0 spiro atoms. The van der Waals surface area contributed by atoms with Crippen molar-refractivity contribution >= 4 is 41.1 Å². The molecule has 352 valence electrons. The molecule has 0 amide bonds. The van der Waals surface area contributed by atoms with E-state index in [9.17, 15) is 45.6 Å². The van der Waals surface area contributed by atoms with E-state index in [0.29, 0.717) is 34.6 Å². The van der Waals surface area contributed by atoms with Gasteiger partial charge in [0.15, 0.2) is 35.0 Å². The van der Waals surface area contributed by atoms with Crippen molar-refractivity contribution in [2.45, 2.75) is 68.3 Å². The number of anilines is 1. The Balaban J connectivity index is 1.09. The van der Waals surface area contributed by atoms with Crippen molar-refractivity contribution in [3.05, 3.63) is 125 Å². The number of phenolic OH excluding ortho intramolecular Hbond substituents is 2. The number of carboxylic acids is 1. The number of aliphatic hydroxyl groups is 5. The number of hydrogen-bond donors (Lipinski definition) is 10. The molecule has 5 heterocycles. The Kier molecular flexibility index (Phi) is 12.0. The lowest BCUT2D eigenvalue weighted by Gasteiger charge is -2.57. The van der Waals surface area contributed by atoms with E-state index in [1.165, 1.54) is 36.8 Å². The summed E-state index contributed by atoms with van der Waals surface area (Å²) in [6.07, 6.45) is 0.192. The summed E-state index contributed by atoms with van der Waals surface area (Å²) in [5, 5.41) is 98.0. The lowest BCUT2D eigenvalue weighted by molar-refractivity contribution is -0.338. The van der Waals surface area contributed by atoms with Crippen molar-refractivity contribution in [3.63, 3.8) is 0 Å². The Labute approximate surface area is 387 Å². The van der Waals surface area contributed by atoms with Gasteiger partial charge in [-0.3, -0.25) is 10.4 Å². The van der Waals surface area contributed by atoms with Gasteiger partial charge in [-0.1, -0.05) is 30.7 Å². The molecule has 1 saturated heterocycles. The average Bonchev–Trinajstić information content (AvgIpc) is 4.00. The summed E-state index contributed by atoms with van der Waals surface area (Å²) in [6, 6.07) is 15.7. The number of fused-ring (bicyclic) bond motifs is 3. The molecule has 12 N–H and O–H groups in total. The van der Waals surface area contributed by atoms with Crippen molar-refractivity contribution in [1.29, 1.82) is 0 Å². The SMILES string of the molecule is CCc1cc(O)cc(COc2c(OC3OC(C(=O)O)C4(O)C(C5=NC=NC5)C(Cc5ccnc(N)c5)=CC3(O)C4O)cc3c(c2O)C(O)=CC(c2ccc(OCC(O)C4=NC(=[NH2+])C=C4)cc2)O3)c1. The number of ether oxygens (including phenoxy) is 5. The van der Waals surface area contributed by atoms with E-state index in [-0.39, 0.29) is 66.2 Å². The number of nitrogen functional groups attached to an aromatic ring is 1. The summed E-state index contributed by atoms with van der Waals surface area (Å²) >= 11 is 0. The van der Waals surface area contributed by atoms with Crippen LogP contribution in [0.5, 0.6) is 34.5 Å². The van der Waals surface area contributed by atoms with E-state index in [1.54, 1.807) is 60.7 Å². The van der Waals surface area contributed by atoms with E-state index in [1.807, 2.05) is 6.92 Å². The van der Waals surface area contributed by atoms with Crippen molar-refractivity contribution in [2.24, 2.45) is 20.9 Å². The lowest BCUT2D eigenvalue weighted by Crippen LogP contribution is -2.79. The number of benzene rings is 3. The highest BCUT2D eigenvalue weighted by Crippen LogP contribution is 2.54. The van der Waals surface area contributed by atoms with Crippen LogP contribution in [0, 0.1) is 5.92 Å². The fraction of sp³-hybridized carbons (Fsp3) is 0.292. The van der Waals surface area contributed by atoms with Crippen LogP contribution in [0.15, 0.2) is 112 Å². The van der Waals surface area contributed by atoms with Gasteiger partial charge in [-0.2, -0.15) is 0 Å². The highest BCUT2D eigenvalue weighted by molar-refractivity contribution is 6.14. The quantitative estimate of drug-likeness (QED) is 0.0755. The van der Waals surface area contributed by atoms with Crippen LogP contribution in [0.4, 0.5) is 5.82 Å². The molecule has 1 aromatic heterocycles. The van der Waals surface area contributed by atoms with E-state index < -0.39 is 76.8 Å². The summed E-state index contributed by atoms with van der Waals surface area (Å²) in [6.45, 7) is 1.43. The first-order valence-corrected chi connectivity index (χ1v) is 21.4. The van der Waals surface area contributed by atoms with Gasteiger partial charge in [0.05, 0.1) is 18.2 Å². The minimum Gasteiger partial charge on any atom is -0.508 e. The topological polar surface area (TPSA) is 327 Å². The average molecular weight is 932 g/mol. The number of amidine groups is 1. The number of aliphatic imine (C=N–C) groups is 3. The minimum absolute atomic E-state index is 0.0396. The highest BCUT2D eigenvalue weighted by Gasteiger charge is 2.71. The molecule has 0 radical (unpaired) electrons. The molecule has 2 bridgehead atoms. The number of aromatic nitrogens is 1. The van der Waals surface area contributed by atoms with Crippen molar-refractivity contribution < 1.29 is 74.7 Å². The maximum Gasteiger partial charge on any atom is 0.336 e. The Morgan fingerprint density at radius 1 is 1.01 bits per heavy atom. The predicted molar refractivity (Wildman–Crippen MR) is 243 cm³/mol. The number of aryl methyl sites for hydroxylation is 1. The molecule has 1 aliphatic carbocycles. The molecule has 0 saturated carbocycles. The first-order valence-electron chi connectivity index (χ1n) is 21.4. The number of phenols is 2. The van der Waals surface area contributed by atoms with Crippen LogP contribution in [0.25, 0.3) is 5.76 Å². The van der Waals surface area contributed by atoms with Gasteiger partial charge < -0.3 is 70.3 Å². The van der Waals surface area contributed by atoms with Crippen LogP contribution in [0.2, 0.25) is 0 Å². The Morgan fingerprint density at radius 2 is 1.79 bits per heavy atom. The molecule has 9 rings (SSSR count). The Bertz CT molecular complexity index is 2880. The third kappa shape index (κ3) is 8.39. The Hall–Kier alpha value is -7.62. The van der Waals surface area contributed by atoms with Gasteiger partial charge in [0.25, 0.3) is 0 Å². The molecule has 4 aromatic rings. The zero-order chi connectivity index (χ0) is 48.1. The second-order valence-corrected chi connectivity index (χ2v) is 16.8. The number of nitrogens with zero attached hydrogens (tertiary/aromatic N) is 4. The number of aromatic hydroxyl groups is 2. The van der Waals surface area contributed by atoms with Crippen LogP contribution < -0.4 is 30.1 Å². The van der Waals surface area contributed by atoms with Gasteiger partial charge in [-0.15, -0.1) is 0 Å². The summed E-state index contributed by atoms with van der Waals surface area (Å²) < 4.78 is 30.5. The number of pyridine rings is 1. The number of carbonyl (C=O) groups is 1. The third-order valence-corrected chi connectivity index (χ3v) is 12.3. The first kappa shape index (κ1) is 45.5. The molecule has 8 unspecified atom stereocenters. The molecule has 20 nitrogen and oxygen atoms in total. The van der Waals surface area contributed by atoms with Crippen LogP contribution in [0.3, 0.4) is 0 Å². The van der Waals surface area contributed by atoms with Crippen LogP contribution in [-0.4, -0.2) is 124 Å². The monoisotopic (exact) mass is 931 g/mol. The van der Waals surface area contributed by atoms with E-state index in [4.69, 9.17) is 34.8 Å². The molecule has 5 aliphatic rings. The highest BCUT2D eigenvalue weighted by atomic mass is 16.7. The number of rotatable bonds is 15. The van der Waals surface area contributed by atoms with Gasteiger partial charge in [-0.25, -0.2) is 14.8 Å². The van der Waals surface area contributed by atoms with Crippen molar-refractivity contribution in [1.82, 2.24) is 4.98 Å². The normalized spacial score (nSPS) is 26.2. The number of nitrogens with two attached hydrogens (primary N) is 2. The summed E-state index contributed by atoms with van der Waals surface area (Å²) in [5.41, 5.74) is 3.38. The minimum atomic E-state index is -2.76. The number of aliphatic carboxylic acids is 1. The maximum absolute atomic E-state index is 13.2. The van der Waals surface area contributed by atoms with Gasteiger partial charge in [0.2, 0.25) is 12.0 Å². The van der Waals surface area contributed by atoms with Crippen LogP contribution in [-0.2, 0) is 29.0 Å². The summed E-state index contributed by atoms with van der Waals surface area (Å²) in [4.78, 5) is 29.7. The maximum atomic E-state index is 13.2. The molecular formula is C48H47N6O14+. The molecule has 8 atom stereocenters. The zero-order valence-electron chi connectivity index (χ0n) is 36.2. The Morgan fingerprint density at radius 3 is 2.49 bits per heavy atom. The zero-order valence-corrected chi connectivity index (χ0v) is 36.2. The number of carboxylic acid groups (broad SMARTS) is 1. The summed E-state index contributed by atoms with van der Waals surface area (Å²) in [7, 11) is 0. The molecule has 68 heavy (non-hydrogen) atoms. The fourth-order valence-corrected chi connectivity index (χ4v) is 9.05. The largest absolute Gasteiger partial charge is 0.508 e. The predicted octanol–water partition coefficient (Wildman–Crippen LogP) is 1.45. The van der Waals surface area contributed by atoms with Crippen LogP contribution >= 0.6 is 0 Å². The van der Waals surface area contributed by atoms with Crippen molar-refractivity contribution in [2.75, 3.05) is 18.9 Å². The molecule has 4 aliphatic heterocycles. The van der Waals surface area contributed by atoms with E-state index in [2.05, 4.69) is 20.0 Å². The standard InChI is InChI=1S/C48H46N6O14/c1-2-23-11-25(14-28(55)13-23)20-65-42-36(17-35-39(41(42)58)32(56)16-34(66-35)26-3-5-29(6-4-26)64-21-33(57)30-7-8-37(49)54-30)67-46-47(62)18-27(12-24-9-10-52-38(50)15-24)40(31-19-51-22-53-31)48(63,45(47)61)43(68-46)44(59)60/h3-11,13-18,22,33-34,40,43,45-46,49,55-58,61-63H,2,12,19-21H2,1H3,(H2,50,52)(H,59,60)/p+1.